The number of unbranched alkanes of at least 4 members (excludes halogenated alkanes) is 1. The van der Waals surface area contributed by atoms with Gasteiger partial charge in [0.2, 0.25) is 0 Å². The lowest BCUT2D eigenvalue weighted by atomic mass is 10.1. The Bertz CT molecular complexity index is 627. The fraction of sp³-hybridized carbons (Fsp3) is 0.619. The van der Waals surface area contributed by atoms with Crippen molar-refractivity contribution in [1.82, 2.24) is 9.80 Å². The zero-order valence-electron chi connectivity index (χ0n) is 16.8. The maximum absolute atomic E-state index is 12.6. The van der Waals surface area contributed by atoms with Gasteiger partial charge in [0.15, 0.2) is 18.1 Å². The Morgan fingerprint density at radius 3 is 2.48 bits per heavy atom. The fourth-order valence-electron chi connectivity index (χ4n) is 3.12. The molecule has 1 aromatic rings. The van der Waals surface area contributed by atoms with Gasteiger partial charge in [0.05, 0.1) is 6.61 Å². The summed E-state index contributed by atoms with van der Waals surface area (Å²) in [4.78, 5) is 28.4. The van der Waals surface area contributed by atoms with Crippen LogP contribution in [0.4, 0.5) is 0 Å². The lowest BCUT2D eigenvalue weighted by Crippen LogP contribution is -2.38. The summed E-state index contributed by atoms with van der Waals surface area (Å²) in [5.74, 6) is 0.950. The number of benzene rings is 1. The number of carbonyl (C=O) groups excluding carboxylic acids is 2. The third-order valence-electron chi connectivity index (χ3n) is 4.74. The van der Waals surface area contributed by atoms with Gasteiger partial charge in [-0.15, -0.1) is 0 Å². The summed E-state index contributed by atoms with van der Waals surface area (Å²) in [5.41, 5.74) is 0.562. The Morgan fingerprint density at radius 1 is 1.07 bits per heavy atom. The van der Waals surface area contributed by atoms with Crippen molar-refractivity contribution in [1.29, 1.82) is 0 Å². The average Bonchev–Trinajstić information content (AvgIpc) is 2.71. The second-order valence-electron chi connectivity index (χ2n) is 6.90. The molecule has 2 amide bonds. The average molecular weight is 376 g/mol. The molecule has 27 heavy (non-hydrogen) atoms. The molecule has 0 aliphatic carbocycles. The van der Waals surface area contributed by atoms with Crippen molar-refractivity contribution in [2.75, 3.05) is 39.9 Å². The molecular formula is C21H32N2O4. The normalized spacial score (nSPS) is 14.0. The first-order valence-corrected chi connectivity index (χ1v) is 9.99. The van der Waals surface area contributed by atoms with Gasteiger partial charge < -0.3 is 19.3 Å². The van der Waals surface area contributed by atoms with Crippen LogP contribution in [0.2, 0.25) is 0 Å². The summed E-state index contributed by atoms with van der Waals surface area (Å²) in [5, 5.41) is 0. The van der Waals surface area contributed by atoms with E-state index in [1.165, 1.54) is 6.42 Å². The van der Waals surface area contributed by atoms with Crippen molar-refractivity contribution < 1.29 is 19.1 Å². The van der Waals surface area contributed by atoms with Crippen LogP contribution in [0.3, 0.4) is 0 Å². The number of amides is 2. The predicted octanol–water partition coefficient (Wildman–Crippen LogP) is 3.35. The minimum atomic E-state index is -0.0413. The van der Waals surface area contributed by atoms with Gasteiger partial charge >= 0.3 is 0 Å². The highest BCUT2D eigenvalue weighted by atomic mass is 16.5. The van der Waals surface area contributed by atoms with Crippen LogP contribution >= 0.6 is 0 Å². The summed E-state index contributed by atoms with van der Waals surface area (Å²) < 4.78 is 11.4. The molecule has 2 rings (SSSR count). The molecule has 1 aliphatic heterocycles. The molecule has 0 saturated carbocycles. The SMILES string of the molecule is CCCCN(C)C(=O)c1ccc(OCC(=O)N2CCCCC2)c(OCC)c1. The number of hydrogen-bond donors (Lipinski definition) is 0. The van der Waals surface area contributed by atoms with E-state index in [0.717, 1.165) is 45.3 Å². The quantitative estimate of drug-likeness (QED) is 0.663. The van der Waals surface area contributed by atoms with Crippen LogP contribution in [0.15, 0.2) is 18.2 Å². The molecule has 0 aromatic heterocycles. The van der Waals surface area contributed by atoms with Crippen LogP contribution in [0.1, 0.15) is 56.3 Å². The molecule has 0 atom stereocenters. The highest BCUT2D eigenvalue weighted by Crippen LogP contribution is 2.29. The van der Waals surface area contributed by atoms with Gasteiger partial charge in [0.25, 0.3) is 11.8 Å². The molecule has 150 valence electrons. The van der Waals surface area contributed by atoms with Crippen molar-refractivity contribution in [3.63, 3.8) is 0 Å². The van der Waals surface area contributed by atoms with Gasteiger partial charge in [-0.3, -0.25) is 9.59 Å². The minimum absolute atomic E-state index is 0.00315. The van der Waals surface area contributed by atoms with Crippen LogP contribution < -0.4 is 9.47 Å². The lowest BCUT2D eigenvalue weighted by Gasteiger charge is -2.26. The van der Waals surface area contributed by atoms with E-state index >= 15 is 0 Å². The summed E-state index contributed by atoms with van der Waals surface area (Å²) in [7, 11) is 1.81. The van der Waals surface area contributed by atoms with E-state index in [2.05, 4.69) is 6.92 Å². The number of nitrogens with zero attached hydrogens (tertiary/aromatic N) is 2. The largest absolute Gasteiger partial charge is 0.490 e. The Morgan fingerprint density at radius 2 is 1.81 bits per heavy atom. The topological polar surface area (TPSA) is 59.1 Å². The highest BCUT2D eigenvalue weighted by molar-refractivity contribution is 5.94. The summed E-state index contributed by atoms with van der Waals surface area (Å²) >= 11 is 0. The Labute approximate surface area is 162 Å². The predicted molar refractivity (Wildman–Crippen MR) is 105 cm³/mol. The molecule has 0 unspecified atom stereocenters. The number of likely N-dealkylation sites (tertiary alicyclic amines) is 1. The third kappa shape index (κ3) is 6.15. The molecule has 0 bridgehead atoms. The Hall–Kier alpha value is -2.24. The molecule has 0 radical (unpaired) electrons. The van der Waals surface area contributed by atoms with Gasteiger partial charge in [0, 0.05) is 32.2 Å². The molecule has 1 fully saturated rings. The van der Waals surface area contributed by atoms with Gasteiger partial charge in [-0.25, -0.2) is 0 Å². The Kier molecular flexibility index (Phi) is 8.43. The minimum Gasteiger partial charge on any atom is -0.490 e. The molecule has 6 nitrogen and oxygen atoms in total. The standard InChI is InChI=1S/C21H32N2O4/c1-4-6-12-22(3)21(25)17-10-11-18(19(15-17)26-5-2)27-16-20(24)23-13-8-7-9-14-23/h10-11,15H,4-9,12-14,16H2,1-3H3. The first kappa shape index (κ1) is 21.1. The third-order valence-corrected chi connectivity index (χ3v) is 4.74. The first-order valence-electron chi connectivity index (χ1n) is 9.99. The molecular weight excluding hydrogens is 344 g/mol. The number of ether oxygens (including phenoxy) is 2. The van der Waals surface area contributed by atoms with Crippen LogP contribution in [-0.4, -0.2) is 61.5 Å². The van der Waals surface area contributed by atoms with E-state index in [1.54, 1.807) is 30.1 Å². The van der Waals surface area contributed by atoms with Crippen molar-refractivity contribution in [2.45, 2.75) is 46.0 Å². The molecule has 1 heterocycles. The second kappa shape index (κ2) is 10.8. The zero-order chi connectivity index (χ0) is 19.6. The van der Waals surface area contributed by atoms with Crippen molar-refractivity contribution in [3.8, 4) is 11.5 Å². The smallest absolute Gasteiger partial charge is 0.260 e. The van der Waals surface area contributed by atoms with Crippen molar-refractivity contribution in [2.24, 2.45) is 0 Å². The molecule has 1 aliphatic rings. The van der Waals surface area contributed by atoms with Crippen LogP contribution in [0, 0.1) is 0 Å². The van der Waals surface area contributed by atoms with Gasteiger partial charge in [-0.2, -0.15) is 0 Å². The van der Waals surface area contributed by atoms with E-state index in [-0.39, 0.29) is 18.4 Å². The maximum Gasteiger partial charge on any atom is 0.260 e. The van der Waals surface area contributed by atoms with E-state index in [1.807, 2.05) is 11.8 Å². The van der Waals surface area contributed by atoms with Crippen molar-refractivity contribution in [3.05, 3.63) is 23.8 Å². The van der Waals surface area contributed by atoms with Crippen LogP contribution in [0.5, 0.6) is 11.5 Å². The first-order chi connectivity index (χ1) is 13.1. The van der Waals surface area contributed by atoms with Crippen LogP contribution in [-0.2, 0) is 4.79 Å². The number of piperidine rings is 1. The molecule has 1 aromatic carbocycles. The summed E-state index contributed by atoms with van der Waals surface area (Å²) in [6.45, 7) is 6.76. The maximum atomic E-state index is 12.6. The fourth-order valence-corrected chi connectivity index (χ4v) is 3.12. The molecule has 0 N–H and O–H groups in total. The van der Waals surface area contributed by atoms with E-state index < -0.39 is 0 Å². The highest BCUT2D eigenvalue weighted by Gasteiger charge is 2.19. The zero-order valence-corrected chi connectivity index (χ0v) is 16.8. The van der Waals surface area contributed by atoms with Crippen LogP contribution in [0.25, 0.3) is 0 Å². The van der Waals surface area contributed by atoms with Crippen molar-refractivity contribution >= 4 is 11.8 Å². The van der Waals surface area contributed by atoms with Gasteiger partial charge in [0.1, 0.15) is 0 Å². The summed E-state index contributed by atoms with van der Waals surface area (Å²) in [6, 6.07) is 5.15. The Balaban J connectivity index is 2.03. The summed E-state index contributed by atoms with van der Waals surface area (Å²) in [6.07, 6.45) is 5.30. The van der Waals surface area contributed by atoms with Gasteiger partial charge in [-0.05, 0) is 50.8 Å². The van der Waals surface area contributed by atoms with Gasteiger partial charge in [-0.1, -0.05) is 13.3 Å². The molecule has 0 spiro atoms. The van der Waals surface area contributed by atoms with E-state index in [0.29, 0.717) is 23.7 Å². The number of hydrogen-bond acceptors (Lipinski definition) is 4. The number of rotatable bonds is 9. The van der Waals surface area contributed by atoms with E-state index in [9.17, 15) is 9.59 Å². The number of carbonyl (C=O) groups is 2. The molecule has 6 heteroatoms. The lowest BCUT2D eigenvalue weighted by molar-refractivity contribution is -0.134. The molecule has 1 saturated heterocycles. The second-order valence-corrected chi connectivity index (χ2v) is 6.90. The van der Waals surface area contributed by atoms with E-state index in [4.69, 9.17) is 9.47 Å². The monoisotopic (exact) mass is 376 g/mol.